The first kappa shape index (κ1) is 13.0. The van der Waals surface area contributed by atoms with Crippen molar-refractivity contribution in [3.63, 3.8) is 0 Å². The normalized spacial score (nSPS) is 21.9. The highest BCUT2D eigenvalue weighted by Crippen LogP contribution is 2.42. The molecule has 4 heteroatoms. The molecule has 0 bridgehead atoms. The minimum atomic E-state index is -0.0212. The second-order valence-electron chi connectivity index (χ2n) is 5.00. The van der Waals surface area contributed by atoms with Gasteiger partial charge in [-0.1, -0.05) is 11.6 Å². The monoisotopic (exact) mass is 293 g/mol. The van der Waals surface area contributed by atoms with E-state index in [1.54, 1.807) is 11.3 Å². The van der Waals surface area contributed by atoms with Crippen LogP contribution in [-0.2, 0) is 0 Å². The van der Waals surface area contributed by atoms with Crippen molar-refractivity contribution in [2.75, 3.05) is 0 Å². The maximum Gasteiger partial charge on any atom is 0.127 e. The lowest BCUT2D eigenvalue weighted by Gasteiger charge is -2.30. The molecule has 1 aliphatic rings. The summed E-state index contributed by atoms with van der Waals surface area (Å²) in [7, 11) is 0. The van der Waals surface area contributed by atoms with Crippen LogP contribution in [0.25, 0.3) is 0 Å². The van der Waals surface area contributed by atoms with E-state index in [1.165, 1.54) is 15.3 Å². The summed E-state index contributed by atoms with van der Waals surface area (Å²) in [4.78, 5) is 2.62. The van der Waals surface area contributed by atoms with Crippen molar-refractivity contribution >= 4 is 22.9 Å². The van der Waals surface area contributed by atoms with Crippen molar-refractivity contribution in [1.82, 2.24) is 0 Å². The third-order valence-corrected chi connectivity index (χ3v) is 4.75. The van der Waals surface area contributed by atoms with Crippen molar-refractivity contribution in [3.05, 3.63) is 50.2 Å². The molecule has 1 aliphatic heterocycles. The number of ether oxygens (including phenoxy) is 1. The summed E-state index contributed by atoms with van der Waals surface area (Å²) in [5, 5.41) is 0.707. The highest BCUT2D eigenvalue weighted by molar-refractivity contribution is 7.12. The average molecular weight is 294 g/mol. The predicted octanol–water partition coefficient (Wildman–Crippen LogP) is 4.54. The van der Waals surface area contributed by atoms with Gasteiger partial charge in [-0.2, -0.15) is 0 Å². The second kappa shape index (κ2) is 4.82. The van der Waals surface area contributed by atoms with E-state index in [-0.39, 0.29) is 12.1 Å². The molecule has 0 aliphatic carbocycles. The molecule has 1 aromatic heterocycles. The van der Waals surface area contributed by atoms with Crippen LogP contribution in [0.1, 0.15) is 39.4 Å². The van der Waals surface area contributed by atoms with E-state index in [4.69, 9.17) is 22.1 Å². The molecule has 0 spiro atoms. The zero-order valence-corrected chi connectivity index (χ0v) is 12.5. The van der Waals surface area contributed by atoms with Crippen LogP contribution in [0.4, 0.5) is 0 Å². The summed E-state index contributed by atoms with van der Waals surface area (Å²) in [5.74, 6) is 0.858. The van der Waals surface area contributed by atoms with E-state index >= 15 is 0 Å². The zero-order valence-electron chi connectivity index (χ0n) is 10.9. The van der Waals surface area contributed by atoms with Gasteiger partial charge in [-0.05, 0) is 38.1 Å². The lowest BCUT2D eigenvalue weighted by Crippen LogP contribution is -2.24. The van der Waals surface area contributed by atoms with Crippen LogP contribution in [0.2, 0.25) is 5.02 Å². The maximum absolute atomic E-state index is 6.26. The molecule has 0 saturated carbocycles. The Kier molecular flexibility index (Phi) is 3.29. The van der Waals surface area contributed by atoms with Crippen molar-refractivity contribution in [2.24, 2.45) is 5.73 Å². The largest absolute Gasteiger partial charge is 0.485 e. The molecule has 3 rings (SSSR count). The van der Waals surface area contributed by atoms with Crippen LogP contribution in [0.15, 0.2) is 24.3 Å². The molecule has 0 saturated heterocycles. The first-order chi connectivity index (χ1) is 9.04. The van der Waals surface area contributed by atoms with E-state index in [0.717, 1.165) is 17.7 Å². The van der Waals surface area contributed by atoms with E-state index in [1.807, 2.05) is 18.2 Å². The van der Waals surface area contributed by atoms with Crippen molar-refractivity contribution in [2.45, 2.75) is 32.4 Å². The molecule has 2 heterocycles. The maximum atomic E-state index is 6.26. The number of rotatable bonds is 1. The van der Waals surface area contributed by atoms with Crippen LogP contribution in [0.3, 0.4) is 0 Å². The molecule has 2 atom stereocenters. The molecular weight excluding hydrogens is 278 g/mol. The number of hydrogen-bond donors (Lipinski definition) is 1. The first-order valence-corrected chi connectivity index (χ1v) is 7.52. The fourth-order valence-corrected chi connectivity index (χ4v) is 3.79. The van der Waals surface area contributed by atoms with E-state index < -0.39 is 0 Å². The summed E-state index contributed by atoms with van der Waals surface area (Å²) in [5.41, 5.74) is 8.53. The van der Waals surface area contributed by atoms with Crippen LogP contribution in [-0.4, -0.2) is 0 Å². The minimum absolute atomic E-state index is 0.0212. The van der Waals surface area contributed by atoms with Crippen molar-refractivity contribution < 1.29 is 4.74 Å². The Labute approximate surface area is 122 Å². The number of benzene rings is 1. The molecule has 19 heavy (non-hydrogen) atoms. The van der Waals surface area contributed by atoms with Gasteiger partial charge in [0.25, 0.3) is 0 Å². The van der Waals surface area contributed by atoms with Gasteiger partial charge in [0.2, 0.25) is 0 Å². The number of nitrogens with two attached hydrogens (primary N) is 1. The molecule has 100 valence electrons. The second-order valence-corrected chi connectivity index (χ2v) is 6.90. The predicted molar refractivity (Wildman–Crippen MR) is 80.2 cm³/mol. The zero-order chi connectivity index (χ0) is 13.6. The van der Waals surface area contributed by atoms with Crippen LogP contribution < -0.4 is 10.5 Å². The lowest BCUT2D eigenvalue weighted by atomic mass is 9.94. The molecular formula is C15H16ClNOS. The van der Waals surface area contributed by atoms with Crippen LogP contribution in [0.5, 0.6) is 5.75 Å². The van der Waals surface area contributed by atoms with Gasteiger partial charge >= 0.3 is 0 Å². The summed E-state index contributed by atoms with van der Waals surface area (Å²) in [6, 6.07) is 7.86. The minimum Gasteiger partial charge on any atom is -0.485 e. The number of hydrogen-bond acceptors (Lipinski definition) is 3. The SMILES string of the molecule is Cc1cc(C2CC(N)c3cc(Cl)ccc3O2)c(C)s1. The van der Waals surface area contributed by atoms with E-state index in [0.29, 0.717) is 5.02 Å². The third kappa shape index (κ3) is 2.38. The molecule has 2 unspecified atom stereocenters. The van der Waals surface area contributed by atoms with Gasteiger partial charge in [0, 0.05) is 38.4 Å². The molecule has 0 amide bonds. The molecule has 1 aromatic carbocycles. The summed E-state index contributed by atoms with van der Waals surface area (Å²) in [6.45, 7) is 4.26. The Morgan fingerprint density at radius 2 is 2.05 bits per heavy atom. The van der Waals surface area contributed by atoms with Crippen LogP contribution >= 0.6 is 22.9 Å². The first-order valence-electron chi connectivity index (χ1n) is 6.33. The lowest BCUT2D eigenvalue weighted by molar-refractivity contribution is 0.161. The smallest absolute Gasteiger partial charge is 0.127 e. The Hall–Kier alpha value is -1.03. The molecule has 0 radical (unpaired) electrons. The number of halogens is 1. The van der Waals surface area contributed by atoms with Gasteiger partial charge in [-0.25, -0.2) is 0 Å². The quantitative estimate of drug-likeness (QED) is 0.837. The Balaban J connectivity index is 1.97. The Bertz CT molecular complexity index is 623. The third-order valence-electron chi connectivity index (χ3n) is 3.53. The Morgan fingerprint density at radius 1 is 1.26 bits per heavy atom. The molecule has 0 fully saturated rings. The van der Waals surface area contributed by atoms with Gasteiger partial charge in [0.05, 0.1) is 0 Å². The van der Waals surface area contributed by atoms with Gasteiger partial charge in [0.1, 0.15) is 11.9 Å². The highest BCUT2D eigenvalue weighted by atomic mass is 35.5. The van der Waals surface area contributed by atoms with Gasteiger partial charge in [-0.3, -0.25) is 0 Å². The van der Waals surface area contributed by atoms with Crippen molar-refractivity contribution in [1.29, 1.82) is 0 Å². The van der Waals surface area contributed by atoms with Crippen LogP contribution in [0, 0.1) is 13.8 Å². The fraction of sp³-hybridized carbons (Fsp3) is 0.333. The van der Waals surface area contributed by atoms with E-state index in [9.17, 15) is 0 Å². The van der Waals surface area contributed by atoms with Gasteiger partial charge in [0.15, 0.2) is 0 Å². The molecule has 2 N–H and O–H groups in total. The fourth-order valence-electron chi connectivity index (χ4n) is 2.64. The van der Waals surface area contributed by atoms with E-state index in [2.05, 4.69) is 19.9 Å². The molecule has 2 aromatic rings. The van der Waals surface area contributed by atoms with Crippen molar-refractivity contribution in [3.8, 4) is 5.75 Å². The summed E-state index contributed by atoms with van der Waals surface area (Å²) < 4.78 is 6.11. The topological polar surface area (TPSA) is 35.2 Å². The van der Waals surface area contributed by atoms with Gasteiger partial charge in [-0.15, -0.1) is 11.3 Å². The standard InChI is InChI=1S/C15H16ClNOS/c1-8-5-11(9(2)19-8)15-7-13(17)12-6-10(16)3-4-14(12)18-15/h3-6,13,15H,7,17H2,1-2H3. The summed E-state index contributed by atoms with van der Waals surface area (Å²) >= 11 is 7.82. The average Bonchev–Trinajstić information content (AvgIpc) is 2.69. The van der Waals surface area contributed by atoms with Gasteiger partial charge < -0.3 is 10.5 Å². The Morgan fingerprint density at radius 3 is 2.74 bits per heavy atom. The number of thiophene rings is 1. The molecule has 2 nitrogen and oxygen atoms in total. The number of aryl methyl sites for hydroxylation is 2. The number of fused-ring (bicyclic) bond motifs is 1. The highest BCUT2D eigenvalue weighted by Gasteiger charge is 2.28. The summed E-state index contributed by atoms with van der Waals surface area (Å²) in [6.07, 6.45) is 0.846.